The van der Waals surface area contributed by atoms with Gasteiger partial charge in [0, 0.05) is 6.04 Å². The molecule has 5 nitrogen and oxygen atoms in total. The normalized spacial score (nSPS) is 45.5. The van der Waals surface area contributed by atoms with Crippen molar-refractivity contribution in [1.82, 2.24) is 4.90 Å². The molecule has 86 valence electrons. The van der Waals surface area contributed by atoms with Crippen molar-refractivity contribution >= 4 is 5.97 Å². The zero-order valence-corrected chi connectivity index (χ0v) is 9.01. The van der Waals surface area contributed by atoms with Gasteiger partial charge < -0.3 is 14.9 Å². The van der Waals surface area contributed by atoms with Crippen LogP contribution in [0.1, 0.15) is 19.3 Å². The minimum atomic E-state index is -1.23. The molecular formula is C10H17NO4. The number of fused-ring (bicyclic) bond motifs is 2. The maximum atomic E-state index is 11.5. The Labute approximate surface area is 88.6 Å². The lowest BCUT2D eigenvalue weighted by Crippen LogP contribution is -2.61. The van der Waals surface area contributed by atoms with E-state index in [1.54, 1.807) is 11.9 Å². The van der Waals surface area contributed by atoms with Gasteiger partial charge in [0.25, 0.3) is 0 Å². The van der Waals surface area contributed by atoms with Gasteiger partial charge in [-0.3, -0.25) is 9.69 Å². The number of esters is 1. The van der Waals surface area contributed by atoms with E-state index in [0.717, 1.165) is 6.42 Å². The summed E-state index contributed by atoms with van der Waals surface area (Å²) in [5, 5.41) is 20.2. The summed E-state index contributed by atoms with van der Waals surface area (Å²) in [5.74, 6) is -1.37. The fourth-order valence-corrected chi connectivity index (χ4v) is 2.91. The van der Waals surface area contributed by atoms with Crippen LogP contribution in [-0.2, 0) is 9.53 Å². The third kappa shape index (κ3) is 1.38. The highest BCUT2D eigenvalue weighted by Crippen LogP contribution is 2.45. The molecule has 2 aliphatic rings. The summed E-state index contributed by atoms with van der Waals surface area (Å²) >= 11 is 0. The molecule has 2 bridgehead atoms. The lowest BCUT2D eigenvalue weighted by molar-refractivity contribution is -0.202. The van der Waals surface area contributed by atoms with Crippen molar-refractivity contribution in [2.75, 3.05) is 14.2 Å². The summed E-state index contributed by atoms with van der Waals surface area (Å²) in [6, 6.07) is 0.172. The monoisotopic (exact) mass is 215 g/mol. The van der Waals surface area contributed by atoms with Crippen molar-refractivity contribution in [3.8, 4) is 0 Å². The van der Waals surface area contributed by atoms with Crippen molar-refractivity contribution in [2.45, 2.75) is 37.1 Å². The molecule has 4 unspecified atom stereocenters. The molecule has 0 aliphatic carbocycles. The predicted molar refractivity (Wildman–Crippen MR) is 51.9 cm³/mol. The second kappa shape index (κ2) is 3.43. The number of carbonyl (C=O) groups excluding carboxylic acids is 1. The number of nitrogens with zero attached hydrogens (tertiary/aromatic N) is 1. The lowest BCUT2D eigenvalue weighted by atomic mass is 9.84. The van der Waals surface area contributed by atoms with E-state index in [-0.39, 0.29) is 6.04 Å². The van der Waals surface area contributed by atoms with Gasteiger partial charge in [0.05, 0.1) is 13.2 Å². The molecule has 2 fully saturated rings. The number of ether oxygens (including phenoxy) is 1. The molecule has 4 atom stereocenters. The Morgan fingerprint density at radius 2 is 2.27 bits per heavy atom. The van der Waals surface area contributed by atoms with Crippen LogP contribution in [0.5, 0.6) is 0 Å². The van der Waals surface area contributed by atoms with Gasteiger partial charge in [-0.15, -0.1) is 0 Å². The topological polar surface area (TPSA) is 70.0 Å². The van der Waals surface area contributed by atoms with Crippen molar-refractivity contribution in [2.24, 2.45) is 5.92 Å². The van der Waals surface area contributed by atoms with E-state index in [1.165, 1.54) is 7.11 Å². The van der Waals surface area contributed by atoms with Crippen molar-refractivity contribution in [1.29, 1.82) is 0 Å². The summed E-state index contributed by atoms with van der Waals surface area (Å²) in [4.78, 5) is 13.3. The Balaban J connectivity index is 2.31. The van der Waals surface area contributed by atoms with E-state index in [1.807, 2.05) is 0 Å². The Morgan fingerprint density at radius 3 is 2.87 bits per heavy atom. The van der Waals surface area contributed by atoms with Crippen LogP contribution in [-0.4, -0.2) is 53.1 Å². The second-order valence-corrected chi connectivity index (χ2v) is 4.49. The van der Waals surface area contributed by atoms with Crippen LogP contribution in [0.3, 0.4) is 0 Å². The van der Waals surface area contributed by atoms with E-state index < -0.39 is 23.7 Å². The molecule has 0 amide bonds. The van der Waals surface area contributed by atoms with Crippen LogP contribution in [0.25, 0.3) is 0 Å². The highest BCUT2D eigenvalue weighted by molar-refractivity contribution is 5.74. The number of piperidine rings is 1. The second-order valence-electron chi connectivity index (χ2n) is 4.49. The Bertz CT molecular complexity index is 283. The SMILES string of the molecule is COC(=O)C1C(O)CC2CCC1(O)N2C. The van der Waals surface area contributed by atoms with Gasteiger partial charge in [-0.25, -0.2) is 0 Å². The standard InChI is InChI=1S/C10H17NO4/c1-11-6-3-4-10(11,14)8(7(12)5-6)9(13)15-2/h6-8,12,14H,3-5H2,1-2H3. The summed E-state index contributed by atoms with van der Waals surface area (Å²) in [5.41, 5.74) is -1.23. The Morgan fingerprint density at radius 1 is 1.60 bits per heavy atom. The first-order valence-electron chi connectivity index (χ1n) is 5.22. The summed E-state index contributed by atoms with van der Waals surface area (Å²) in [7, 11) is 3.07. The third-order valence-electron chi connectivity index (χ3n) is 3.86. The highest BCUT2D eigenvalue weighted by atomic mass is 16.5. The van der Waals surface area contributed by atoms with Gasteiger partial charge in [0.15, 0.2) is 0 Å². The van der Waals surface area contributed by atoms with Gasteiger partial charge in [-0.1, -0.05) is 0 Å². The summed E-state index contributed by atoms with van der Waals surface area (Å²) in [6.07, 6.45) is 1.06. The number of aliphatic hydroxyl groups excluding tert-OH is 1. The van der Waals surface area contributed by atoms with E-state index in [9.17, 15) is 15.0 Å². The first kappa shape index (κ1) is 10.9. The number of aliphatic hydroxyl groups is 2. The maximum absolute atomic E-state index is 11.5. The minimum absolute atomic E-state index is 0.172. The fraction of sp³-hybridized carbons (Fsp3) is 0.900. The first-order chi connectivity index (χ1) is 7.00. The molecule has 2 rings (SSSR count). The van der Waals surface area contributed by atoms with Crippen LogP contribution in [0.4, 0.5) is 0 Å². The number of methoxy groups -OCH3 is 1. The zero-order chi connectivity index (χ0) is 11.2. The molecule has 0 saturated carbocycles. The van der Waals surface area contributed by atoms with E-state index in [4.69, 9.17) is 0 Å². The van der Waals surface area contributed by atoms with E-state index in [2.05, 4.69) is 4.74 Å². The molecule has 0 radical (unpaired) electrons. The molecule has 0 aromatic rings. The van der Waals surface area contributed by atoms with E-state index >= 15 is 0 Å². The molecule has 0 spiro atoms. The molecule has 15 heavy (non-hydrogen) atoms. The number of carbonyl (C=O) groups is 1. The fourth-order valence-electron chi connectivity index (χ4n) is 2.91. The molecule has 2 aliphatic heterocycles. The maximum Gasteiger partial charge on any atom is 0.315 e. The van der Waals surface area contributed by atoms with E-state index in [0.29, 0.717) is 12.8 Å². The van der Waals surface area contributed by atoms with Crippen molar-refractivity contribution < 1.29 is 19.7 Å². The Hall–Kier alpha value is -0.650. The van der Waals surface area contributed by atoms with Crippen LogP contribution >= 0.6 is 0 Å². The molecule has 0 aromatic heterocycles. The number of hydrogen-bond donors (Lipinski definition) is 2. The van der Waals surface area contributed by atoms with Crippen LogP contribution in [0.15, 0.2) is 0 Å². The molecule has 2 heterocycles. The predicted octanol–water partition coefficient (Wildman–Crippen LogP) is -0.677. The average Bonchev–Trinajstić information content (AvgIpc) is 2.40. The van der Waals surface area contributed by atoms with Crippen molar-refractivity contribution in [3.63, 3.8) is 0 Å². The van der Waals surface area contributed by atoms with Gasteiger partial charge in [0.2, 0.25) is 0 Å². The molecule has 0 aromatic carbocycles. The molecule has 2 N–H and O–H groups in total. The quantitative estimate of drug-likeness (QED) is 0.567. The van der Waals surface area contributed by atoms with Crippen LogP contribution in [0, 0.1) is 5.92 Å². The summed E-state index contributed by atoms with van der Waals surface area (Å²) < 4.78 is 4.64. The minimum Gasteiger partial charge on any atom is -0.469 e. The average molecular weight is 215 g/mol. The smallest absolute Gasteiger partial charge is 0.315 e. The number of rotatable bonds is 1. The van der Waals surface area contributed by atoms with Gasteiger partial charge in [-0.05, 0) is 26.3 Å². The lowest BCUT2D eigenvalue weighted by Gasteiger charge is -2.45. The Kier molecular flexibility index (Phi) is 2.48. The van der Waals surface area contributed by atoms with Crippen LogP contribution < -0.4 is 0 Å². The largest absolute Gasteiger partial charge is 0.469 e. The molecular weight excluding hydrogens is 198 g/mol. The molecule has 2 saturated heterocycles. The first-order valence-corrected chi connectivity index (χ1v) is 5.22. The van der Waals surface area contributed by atoms with Crippen molar-refractivity contribution in [3.05, 3.63) is 0 Å². The van der Waals surface area contributed by atoms with Gasteiger partial charge >= 0.3 is 5.97 Å². The third-order valence-corrected chi connectivity index (χ3v) is 3.86. The zero-order valence-electron chi connectivity index (χ0n) is 9.01. The van der Waals surface area contributed by atoms with Gasteiger partial charge in [-0.2, -0.15) is 0 Å². The van der Waals surface area contributed by atoms with Crippen LogP contribution in [0.2, 0.25) is 0 Å². The molecule has 5 heteroatoms. The summed E-state index contributed by atoms with van der Waals surface area (Å²) in [6.45, 7) is 0. The number of hydrogen-bond acceptors (Lipinski definition) is 5. The highest BCUT2D eigenvalue weighted by Gasteiger charge is 2.58. The van der Waals surface area contributed by atoms with Gasteiger partial charge in [0.1, 0.15) is 11.6 Å².